The molecule has 0 unspecified atom stereocenters. The molecule has 1 fully saturated rings. The number of rotatable bonds is 6. The number of methoxy groups -OCH3 is 1. The van der Waals surface area contributed by atoms with E-state index in [0.717, 1.165) is 11.3 Å². The molecule has 1 aromatic heterocycles. The van der Waals surface area contributed by atoms with Crippen molar-refractivity contribution in [1.82, 2.24) is 9.47 Å². The summed E-state index contributed by atoms with van der Waals surface area (Å²) in [6.45, 7) is 1.92. The first-order valence-corrected chi connectivity index (χ1v) is 8.30. The van der Waals surface area contributed by atoms with E-state index in [0.29, 0.717) is 31.6 Å². The van der Waals surface area contributed by atoms with Crippen molar-refractivity contribution in [1.29, 1.82) is 5.26 Å². The lowest BCUT2D eigenvalue weighted by atomic mass is 10.1. The molecule has 1 aliphatic rings. The van der Waals surface area contributed by atoms with Crippen LogP contribution in [0.25, 0.3) is 0 Å². The Morgan fingerprint density at radius 2 is 2.12 bits per heavy atom. The van der Waals surface area contributed by atoms with Crippen molar-refractivity contribution in [3.63, 3.8) is 0 Å². The molecule has 130 valence electrons. The Kier molecular flexibility index (Phi) is 5.17. The van der Waals surface area contributed by atoms with Crippen LogP contribution in [0.15, 0.2) is 42.6 Å². The number of benzene rings is 1. The van der Waals surface area contributed by atoms with Gasteiger partial charge in [0.05, 0.1) is 23.8 Å². The summed E-state index contributed by atoms with van der Waals surface area (Å²) in [4.78, 5) is 13.8. The summed E-state index contributed by atoms with van der Waals surface area (Å²) in [5.41, 5.74) is 8.29. The zero-order chi connectivity index (χ0) is 17.8. The summed E-state index contributed by atoms with van der Waals surface area (Å²) >= 11 is 0. The summed E-state index contributed by atoms with van der Waals surface area (Å²) in [6, 6.07) is 13.5. The van der Waals surface area contributed by atoms with Crippen LogP contribution in [0.4, 0.5) is 0 Å². The van der Waals surface area contributed by atoms with Crippen LogP contribution < -0.4 is 5.73 Å². The second-order valence-corrected chi connectivity index (χ2v) is 6.34. The minimum atomic E-state index is -0.313. The first kappa shape index (κ1) is 17.2. The summed E-state index contributed by atoms with van der Waals surface area (Å²) in [6.07, 6.45) is 2.65. The van der Waals surface area contributed by atoms with Crippen LogP contribution in [0, 0.1) is 11.3 Å². The van der Waals surface area contributed by atoms with Crippen LogP contribution in [0.2, 0.25) is 0 Å². The van der Waals surface area contributed by atoms with E-state index in [2.05, 4.69) is 15.5 Å². The number of primary amides is 1. The second kappa shape index (κ2) is 7.51. The van der Waals surface area contributed by atoms with Crippen LogP contribution in [0.1, 0.15) is 23.2 Å². The van der Waals surface area contributed by atoms with E-state index >= 15 is 0 Å². The number of hydrogen-bond acceptors (Lipinski definition) is 4. The van der Waals surface area contributed by atoms with E-state index in [9.17, 15) is 10.1 Å². The minimum absolute atomic E-state index is 0.0280. The SMILES string of the molecule is CO[C@H]1C[C@@H](C(N)=O)N(Cc2cccn2Cc2ccccc2C#N)C1. The average molecular weight is 338 g/mol. The second-order valence-electron chi connectivity index (χ2n) is 6.34. The molecular formula is C19H22N4O2. The van der Waals surface area contributed by atoms with Crippen molar-refractivity contribution in [2.24, 2.45) is 5.73 Å². The number of amides is 1. The molecule has 2 aromatic rings. The minimum Gasteiger partial charge on any atom is -0.380 e. The fourth-order valence-corrected chi connectivity index (χ4v) is 3.41. The van der Waals surface area contributed by atoms with E-state index in [1.54, 1.807) is 7.11 Å². The molecule has 1 amide bonds. The molecule has 2 atom stereocenters. The number of nitriles is 1. The Hall–Kier alpha value is -2.62. The summed E-state index contributed by atoms with van der Waals surface area (Å²) in [7, 11) is 1.66. The van der Waals surface area contributed by atoms with Crippen molar-refractivity contribution in [2.45, 2.75) is 31.7 Å². The van der Waals surface area contributed by atoms with Crippen molar-refractivity contribution in [3.8, 4) is 6.07 Å². The van der Waals surface area contributed by atoms with Gasteiger partial charge in [0.25, 0.3) is 0 Å². The third kappa shape index (κ3) is 3.73. The molecule has 6 nitrogen and oxygen atoms in total. The average Bonchev–Trinajstić information content (AvgIpc) is 3.23. The Bertz CT molecular complexity index is 793. The molecule has 0 aliphatic carbocycles. The van der Waals surface area contributed by atoms with E-state index in [1.165, 1.54) is 0 Å². The van der Waals surface area contributed by atoms with E-state index < -0.39 is 0 Å². The predicted octanol–water partition coefficient (Wildman–Crippen LogP) is 1.48. The number of carbonyl (C=O) groups is 1. The number of ether oxygens (including phenoxy) is 1. The van der Waals surface area contributed by atoms with Gasteiger partial charge in [-0.15, -0.1) is 0 Å². The van der Waals surface area contributed by atoms with Crippen molar-refractivity contribution >= 4 is 5.91 Å². The highest BCUT2D eigenvalue weighted by molar-refractivity contribution is 5.80. The topological polar surface area (TPSA) is 84.3 Å². The van der Waals surface area contributed by atoms with Gasteiger partial charge < -0.3 is 15.0 Å². The molecule has 1 aliphatic heterocycles. The van der Waals surface area contributed by atoms with Gasteiger partial charge in [0.15, 0.2) is 0 Å². The highest BCUT2D eigenvalue weighted by Crippen LogP contribution is 2.23. The van der Waals surface area contributed by atoms with E-state index in [1.807, 2.05) is 42.6 Å². The molecule has 25 heavy (non-hydrogen) atoms. The van der Waals surface area contributed by atoms with Crippen LogP contribution in [0.5, 0.6) is 0 Å². The van der Waals surface area contributed by atoms with Gasteiger partial charge in [-0.25, -0.2) is 0 Å². The van der Waals surface area contributed by atoms with Gasteiger partial charge in [-0.2, -0.15) is 5.26 Å². The molecule has 1 saturated heterocycles. The number of carbonyl (C=O) groups excluding carboxylic acids is 1. The fraction of sp³-hybridized carbons (Fsp3) is 0.368. The first-order chi connectivity index (χ1) is 12.1. The molecule has 0 radical (unpaired) electrons. The molecule has 1 aromatic carbocycles. The molecule has 2 N–H and O–H groups in total. The number of hydrogen-bond donors (Lipinski definition) is 1. The lowest BCUT2D eigenvalue weighted by molar-refractivity contribution is -0.122. The Labute approximate surface area is 147 Å². The fourth-order valence-electron chi connectivity index (χ4n) is 3.41. The maximum absolute atomic E-state index is 11.7. The Balaban J connectivity index is 1.78. The van der Waals surface area contributed by atoms with Crippen LogP contribution in [-0.2, 0) is 22.6 Å². The predicted molar refractivity (Wildman–Crippen MR) is 93.5 cm³/mol. The maximum atomic E-state index is 11.7. The first-order valence-electron chi connectivity index (χ1n) is 8.30. The molecule has 0 spiro atoms. The highest BCUT2D eigenvalue weighted by atomic mass is 16.5. The molecule has 0 saturated carbocycles. The zero-order valence-electron chi connectivity index (χ0n) is 14.3. The molecule has 2 heterocycles. The van der Waals surface area contributed by atoms with Crippen LogP contribution >= 0.6 is 0 Å². The smallest absolute Gasteiger partial charge is 0.234 e. The molecule has 6 heteroatoms. The van der Waals surface area contributed by atoms with Gasteiger partial charge >= 0.3 is 0 Å². The van der Waals surface area contributed by atoms with Gasteiger partial charge in [-0.1, -0.05) is 18.2 Å². The molecule has 0 bridgehead atoms. The van der Waals surface area contributed by atoms with Gasteiger partial charge in [0.1, 0.15) is 0 Å². The monoisotopic (exact) mass is 338 g/mol. The van der Waals surface area contributed by atoms with Crippen LogP contribution in [0.3, 0.4) is 0 Å². The van der Waals surface area contributed by atoms with Crippen molar-refractivity contribution < 1.29 is 9.53 Å². The standard InChI is InChI=1S/C19H22N4O2/c1-25-17-9-18(19(21)24)23(13-17)12-16-7-4-8-22(16)11-15-6-3-2-5-14(15)10-20/h2-8,17-18H,9,11-13H2,1H3,(H2,21,24)/t17-,18-/m0/s1. The normalized spacial score (nSPS) is 20.5. The summed E-state index contributed by atoms with van der Waals surface area (Å²) < 4.78 is 7.51. The Morgan fingerprint density at radius 3 is 2.84 bits per heavy atom. The third-order valence-electron chi connectivity index (χ3n) is 4.79. The van der Waals surface area contributed by atoms with Gasteiger partial charge in [0.2, 0.25) is 5.91 Å². The quantitative estimate of drug-likeness (QED) is 0.865. The number of nitrogens with zero attached hydrogens (tertiary/aromatic N) is 3. The number of aromatic nitrogens is 1. The Morgan fingerprint density at radius 1 is 1.32 bits per heavy atom. The molecule has 3 rings (SSSR count). The van der Waals surface area contributed by atoms with Gasteiger partial charge in [0, 0.05) is 38.6 Å². The maximum Gasteiger partial charge on any atom is 0.234 e. The molecular weight excluding hydrogens is 316 g/mol. The summed E-state index contributed by atoms with van der Waals surface area (Å²) in [5, 5.41) is 9.27. The van der Waals surface area contributed by atoms with Gasteiger partial charge in [-0.05, 0) is 30.2 Å². The van der Waals surface area contributed by atoms with Gasteiger partial charge in [-0.3, -0.25) is 9.69 Å². The lowest BCUT2D eigenvalue weighted by Crippen LogP contribution is -2.40. The van der Waals surface area contributed by atoms with Crippen LogP contribution in [-0.4, -0.2) is 41.2 Å². The van der Waals surface area contributed by atoms with E-state index in [4.69, 9.17) is 10.5 Å². The lowest BCUT2D eigenvalue weighted by Gasteiger charge is -2.22. The zero-order valence-corrected chi connectivity index (χ0v) is 14.3. The highest BCUT2D eigenvalue weighted by Gasteiger charge is 2.35. The largest absolute Gasteiger partial charge is 0.380 e. The van der Waals surface area contributed by atoms with Crippen molar-refractivity contribution in [3.05, 3.63) is 59.4 Å². The van der Waals surface area contributed by atoms with E-state index in [-0.39, 0.29) is 18.1 Å². The number of nitrogens with two attached hydrogens (primary N) is 1. The third-order valence-corrected chi connectivity index (χ3v) is 4.79. The van der Waals surface area contributed by atoms with Crippen molar-refractivity contribution in [2.75, 3.05) is 13.7 Å². The number of likely N-dealkylation sites (tertiary alicyclic amines) is 1. The summed E-state index contributed by atoms with van der Waals surface area (Å²) in [5.74, 6) is -0.313.